The summed E-state index contributed by atoms with van der Waals surface area (Å²) in [6.07, 6.45) is -1.73. The number of aliphatic hydroxyl groups is 1. The fourth-order valence-electron chi connectivity index (χ4n) is 1.36. The summed E-state index contributed by atoms with van der Waals surface area (Å²) >= 11 is 1.21. The lowest BCUT2D eigenvalue weighted by molar-refractivity contribution is -0.141. The summed E-state index contributed by atoms with van der Waals surface area (Å²) in [5.41, 5.74) is -0.663. The average molecular weight is 277 g/mol. The van der Waals surface area contributed by atoms with E-state index < -0.39 is 11.9 Å². The van der Waals surface area contributed by atoms with Gasteiger partial charge in [-0.05, 0) is 6.07 Å². The number of hydrogen-bond acceptors (Lipinski definition) is 4. The third kappa shape index (κ3) is 2.59. The van der Waals surface area contributed by atoms with Crippen molar-refractivity contribution in [2.24, 2.45) is 0 Å². The Bertz CT molecular complexity index is 555. The van der Waals surface area contributed by atoms with E-state index in [1.165, 1.54) is 24.2 Å². The summed E-state index contributed by atoms with van der Waals surface area (Å²) in [7, 11) is 0. The van der Waals surface area contributed by atoms with Gasteiger partial charge in [-0.25, -0.2) is 9.50 Å². The highest BCUT2D eigenvalue weighted by molar-refractivity contribution is 8.00. The van der Waals surface area contributed by atoms with Gasteiger partial charge in [0.05, 0.1) is 12.1 Å². The molecular formula is C10H10F3N3OS. The fourth-order valence-corrected chi connectivity index (χ4v) is 2.21. The Kier molecular flexibility index (Phi) is 3.49. The standard InChI is InChI=1S/C10H10F3N3OS/c1-6(5-17)18-9-7-4-8(10(11,12)13)15-16(7)3-2-14-9/h2-4,6,17H,5H2,1H3. The van der Waals surface area contributed by atoms with Crippen LogP contribution in [0.5, 0.6) is 0 Å². The van der Waals surface area contributed by atoms with Crippen molar-refractivity contribution in [1.82, 2.24) is 14.6 Å². The maximum absolute atomic E-state index is 12.5. The summed E-state index contributed by atoms with van der Waals surface area (Å²) < 4.78 is 38.8. The van der Waals surface area contributed by atoms with E-state index in [1.54, 1.807) is 6.92 Å². The first-order chi connectivity index (χ1) is 8.41. The molecule has 1 unspecified atom stereocenters. The van der Waals surface area contributed by atoms with Crippen LogP contribution in [0.15, 0.2) is 23.5 Å². The summed E-state index contributed by atoms with van der Waals surface area (Å²) in [6, 6.07) is 0.958. The van der Waals surface area contributed by atoms with Crippen LogP contribution in [-0.2, 0) is 6.18 Å². The van der Waals surface area contributed by atoms with Crippen LogP contribution in [0.2, 0.25) is 0 Å². The Labute approximate surface area is 105 Å². The molecule has 1 atom stereocenters. The van der Waals surface area contributed by atoms with E-state index in [1.807, 2.05) is 0 Å². The molecule has 98 valence electrons. The minimum absolute atomic E-state index is 0.0757. The number of thioether (sulfide) groups is 1. The highest BCUT2D eigenvalue weighted by atomic mass is 32.2. The maximum atomic E-state index is 12.5. The van der Waals surface area contributed by atoms with Gasteiger partial charge < -0.3 is 5.11 Å². The number of nitrogens with zero attached hydrogens (tertiary/aromatic N) is 3. The summed E-state index contributed by atoms with van der Waals surface area (Å²) in [6.45, 7) is 1.69. The van der Waals surface area contributed by atoms with Crippen LogP contribution in [0.3, 0.4) is 0 Å². The second-order valence-corrected chi connectivity index (χ2v) is 5.13. The van der Waals surface area contributed by atoms with Gasteiger partial charge in [-0.1, -0.05) is 18.7 Å². The predicted octanol–water partition coefficient (Wildman–Crippen LogP) is 2.22. The van der Waals surface area contributed by atoms with Gasteiger partial charge in [0.15, 0.2) is 5.69 Å². The van der Waals surface area contributed by atoms with Gasteiger partial charge in [0.2, 0.25) is 0 Å². The van der Waals surface area contributed by atoms with E-state index in [4.69, 9.17) is 5.11 Å². The largest absolute Gasteiger partial charge is 0.435 e. The average Bonchev–Trinajstić information content (AvgIpc) is 2.73. The van der Waals surface area contributed by atoms with Crippen LogP contribution in [0.25, 0.3) is 5.52 Å². The first kappa shape index (κ1) is 13.2. The Morgan fingerprint density at radius 3 is 2.83 bits per heavy atom. The zero-order valence-electron chi connectivity index (χ0n) is 9.35. The van der Waals surface area contributed by atoms with Gasteiger partial charge in [-0.15, -0.1) is 0 Å². The van der Waals surface area contributed by atoms with Gasteiger partial charge in [-0.3, -0.25) is 0 Å². The van der Waals surface area contributed by atoms with Crippen molar-refractivity contribution >= 4 is 17.3 Å². The molecule has 1 N–H and O–H groups in total. The molecule has 2 heterocycles. The molecule has 0 saturated carbocycles. The van der Waals surface area contributed by atoms with E-state index in [2.05, 4.69) is 10.1 Å². The van der Waals surface area contributed by atoms with Gasteiger partial charge in [0, 0.05) is 17.6 Å². The van der Waals surface area contributed by atoms with Crippen molar-refractivity contribution < 1.29 is 18.3 Å². The summed E-state index contributed by atoms with van der Waals surface area (Å²) in [5.74, 6) is 0. The Hall–Kier alpha value is -1.28. The van der Waals surface area contributed by atoms with E-state index in [0.717, 1.165) is 10.6 Å². The van der Waals surface area contributed by atoms with Crippen molar-refractivity contribution in [2.75, 3.05) is 6.61 Å². The first-order valence-corrected chi connectivity index (χ1v) is 5.99. The van der Waals surface area contributed by atoms with Crippen LogP contribution < -0.4 is 0 Å². The number of aliphatic hydroxyl groups excluding tert-OH is 1. The smallest absolute Gasteiger partial charge is 0.395 e. The normalized spacial score (nSPS) is 14.1. The second kappa shape index (κ2) is 4.77. The minimum atomic E-state index is -4.48. The molecule has 2 aromatic heterocycles. The zero-order valence-corrected chi connectivity index (χ0v) is 10.2. The van der Waals surface area contributed by atoms with Crippen LogP contribution in [0.4, 0.5) is 13.2 Å². The first-order valence-electron chi connectivity index (χ1n) is 5.11. The molecule has 0 aliphatic carbocycles. The maximum Gasteiger partial charge on any atom is 0.435 e. The molecule has 0 saturated heterocycles. The Morgan fingerprint density at radius 2 is 2.22 bits per heavy atom. The number of hydrogen-bond donors (Lipinski definition) is 1. The lowest BCUT2D eigenvalue weighted by Crippen LogP contribution is -2.05. The quantitative estimate of drug-likeness (QED) is 0.874. The second-order valence-electron chi connectivity index (χ2n) is 3.70. The topological polar surface area (TPSA) is 50.4 Å². The highest BCUT2D eigenvalue weighted by Crippen LogP contribution is 2.31. The number of rotatable bonds is 3. The van der Waals surface area contributed by atoms with Crippen molar-refractivity contribution in [3.8, 4) is 0 Å². The molecule has 0 spiro atoms. The molecule has 4 nitrogen and oxygen atoms in total. The van der Waals surface area contributed by atoms with Crippen LogP contribution in [-0.4, -0.2) is 31.6 Å². The van der Waals surface area contributed by atoms with Gasteiger partial charge in [0.25, 0.3) is 0 Å². The van der Waals surface area contributed by atoms with Crippen molar-refractivity contribution in [2.45, 2.75) is 23.4 Å². The molecule has 18 heavy (non-hydrogen) atoms. The molecule has 0 aliphatic rings. The third-order valence-corrected chi connectivity index (χ3v) is 3.30. The monoisotopic (exact) mass is 277 g/mol. The number of alkyl halides is 3. The zero-order chi connectivity index (χ0) is 13.3. The Balaban J connectivity index is 2.46. The number of aromatic nitrogens is 3. The molecule has 0 amide bonds. The van der Waals surface area contributed by atoms with E-state index >= 15 is 0 Å². The van der Waals surface area contributed by atoms with Crippen LogP contribution in [0, 0.1) is 0 Å². The molecule has 2 rings (SSSR count). The summed E-state index contributed by atoms with van der Waals surface area (Å²) in [4.78, 5) is 4.01. The van der Waals surface area contributed by atoms with E-state index in [0.29, 0.717) is 5.03 Å². The van der Waals surface area contributed by atoms with Gasteiger partial charge >= 0.3 is 6.18 Å². The molecule has 0 fully saturated rings. The molecule has 0 aliphatic heterocycles. The summed E-state index contributed by atoms with van der Waals surface area (Å²) in [5, 5.41) is 12.7. The lowest BCUT2D eigenvalue weighted by atomic mass is 10.4. The van der Waals surface area contributed by atoms with Gasteiger partial charge in [0.1, 0.15) is 5.03 Å². The van der Waals surface area contributed by atoms with Crippen LogP contribution >= 0.6 is 11.8 Å². The van der Waals surface area contributed by atoms with E-state index in [9.17, 15) is 13.2 Å². The van der Waals surface area contributed by atoms with Gasteiger partial charge in [-0.2, -0.15) is 18.3 Å². The molecular weight excluding hydrogens is 267 g/mol. The van der Waals surface area contributed by atoms with Crippen molar-refractivity contribution in [3.05, 3.63) is 24.2 Å². The van der Waals surface area contributed by atoms with Crippen molar-refractivity contribution in [3.63, 3.8) is 0 Å². The van der Waals surface area contributed by atoms with E-state index in [-0.39, 0.29) is 17.4 Å². The Morgan fingerprint density at radius 1 is 1.50 bits per heavy atom. The van der Waals surface area contributed by atoms with Crippen LogP contribution in [0.1, 0.15) is 12.6 Å². The number of fused-ring (bicyclic) bond motifs is 1. The predicted molar refractivity (Wildman–Crippen MR) is 60.4 cm³/mol. The molecule has 2 aromatic rings. The SMILES string of the molecule is CC(CO)Sc1nccn2nc(C(F)(F)F)cc12. The molecule has 0 bridgehead atoms. The third-order valence-electron chi connectivity index (χ3n) is 2.21. The number of halogens is 3. The van der Waals surface area contributed by atoms with Crippen molar-refractivity contribution in [1.29, 1.82) is 0 Å². The minimum Gasteiger partial charge on any atom is -0.395 e. The fraction of sp³-hybridized carbons (Fsp3) is 0.400. The molecule has 0 radical (unpaired) electrons. The lowest BCUT2D eigenvalue weighted by Gasteiger charge is -2.07. The highest BCUT2D eigenvalue weighted by Gasteiger charge is 2.34. The molecule has 0 aromatic carbocycles. The molecule has 8 heteroatoms.